The molecule has 73 heavy (non-hydrogen) atoms. The molecule has 1 aliphatic heterocycles. The largest absolute Gasteiger partial charge is 0.353 e. The van der Waals surface area contributed by atoms with E-state index in [1.54, 1.807) is 0 Å². The van der Waals surface area contributed by atoms with Crippen molar-refractivity contribution < 1.29 is 0 Å². The van der Waals surface area contributed by atoms with Gasteiger partial charge in [0, 0.05) is 56.3 Å². The van der Waals surface area contributed by atoms with Crippen LogP contribution in [0.4, 0.5) is 11.4 Å². The molecule has 0 saturated heterocycles. The first-order chi connectivity index (χ1) is 35.7. The monoisotopic (exact) mass is 937 g/mol. The third kappa shape index (κ3) is 6.56. The Hall–Kier alpha value is -9.56. The average Bonchev–Trinajstić information content (AvgIpc) is 3.99. The van der Waals surface area contributed by atoms with Crippen LogP contribution in [-0.4, -0.2) is 19.1 Å². The Morgan fingerprint density at radius 1 is 0.438 bits per heavy atom. The van der Waals surface area contributed by atoms with Crippen LogP contribution < -0.4 is 4.90 Å². The van der Waals surface area contributed by atoms with Gasteiger partial charge in [0.05, 0.1) is 51.7 Å². The molecule has 12 aromatic rings. The van der Waals surface area contributed by atoms with Gasteiger partial charge in [-0.15, -0.1) is 0 Å². The van der Waals surface area contributed by atoms with Crippen molar-refractivity contribution in [3.8, 4) is 62.0 Å². The minimum absolute atomic E-state index is 0.253. The van der Waals surface area contributed by atoms with Crippen molar-refractivity contribution in [1.82, 2.24) is 19.1 Å². The van der Waals surface area contributed by atoms with Crippen molar-refractivity contribution in [3.63, 3.8) is 0 Å². The van der Waals surface area contributed by atoms with E-state index in [2.05, 4.69) is 198 Å². The summed E-state index contributed by atoms with van der Waals surface area (Å²) < 4.78 is 4.39. The van der Waals surface area contributed by atoms with E-state index in [1.807, 2.05) is 67.0 Å². The van der Waals surface area contributed by atoms with Gasteiger partial charge in [0.1, 0.15) is 11.3 Å². The highest BCUT2D eigenvalue weighted by atomic mass is 15.3. The number of nitrogens with zero attached hydrogens (tertiary/aromatic N) is 7. The first kappa shape index (κ1) is 43.5. The summed E-state index contributed by atoms with van der Waals surface area (Å²) in [4.78, 5) is 17.7. The average molecular weight is 938 g/mol. The third-order valence-corrected chi connectivity index (χ3v) is 15.1. The summed E-state index contributed by atoms with van der Waals surface area (Å²) in [5.41, 5.74) is 14.7. The van der Waals surface area contributed by atoms with E-state index in [0.29, 0.717) is 22.7 Å². The van der Waals surface area contributed by atoms with E-state index >= 15 is 0 Å². The third-order valence-electron chi connectivity index (χ3n) is 15.1. The zero-order chi connectivity index (χ0) is 49.6. The summed E-state index contributed by atoms with van der Waals surface area (Å²) in [5.74, 6) is 0. The molecular weight excluding hydrogens is 891 g/mol. The summed E-state index contributed by atoms with van der Waals surface area (Å²) in [6, 6.07) is 72.3. The van der Waals surface area contributed by atoms with Crippen LogP contribution in [0.15, 0.2) is 213 Å². The van der Waals surface area contributed by atoms with E-state index in [1.165, 1.54) is 0 Å². The molecule has 346 valence electrons. The lowest BCUT2D eigenvalue weighted by Gasteiger charge is -2.43. The quantitative estimate of drug-likeness (QED) is 0.149. The summed E-state index contributed by atoms with van der Waals surface area (Å²) in [6.45, 7) is 18.4. The zero-order valence-electron chi connectivity index (χ0n) is 40.8. The molecule has 0 unspecified atom stereocenters. The lowest BCUT2D eigenvalue weighted by Crippen LogP contribution is -2.46. The van der Waals surface area contributed by atoms with Crippen LogP contribution in [0.2, 0.25) is 0 Å². The molecule has 0 amide bonds. The molecule has 0 saturated carbocycles. The van der Waals surface area contributed by atoms with Crippen LogP contribution >= 0.6 is 0 Å². The summed E-state index contributed by atoms with van der Waals surface area (Å²) in [5, 5.41) is 15.9. The van der Waals surface area contributed by atoms with E-state index in [4.69, 9.17) is 9.97 Å². The fraction of sp³-hybridized carbons (Fsp3) is 0.0909. The molecule has 0 aliphatic carbocycles. The molecule has 0 atom stereocenters. The van der Waals surface area contributed by atoms with Crippen molar-refractivity contribution in [2.45, 2.75) is 38.8 Å². The topological polar surface area (TPSA) is 67.0 Å². The van der Waals surface area contributed by atoms with Crippen molar-refractivity contribution in [2.75, 3.05) is 4.90 Å². The Kier molecular flexibility index (Phi) is 9.84. The molecule has 7 heteroatoms. The molecule has 0 radical (unpaired) electrons. The van der Waals surface area contributed by atoms with E-state index in [-0.39, 0.29) is 11.3 Å². The minimum Gasteiger partial charge on any atom is -0.353 e. The number of benzene rings is 8. The molecule has 8 aromatic carbocycles. The summed E-state index contributed by atoms with van der Waals surface area (Å²) >= 11 is 0. The number of rotatable bonds is 7. The SMILES string of the molecule is [C-]#[N+]c1c(C#N)c(-n2c3cc(-c4ccccc4)ccc3c3cc(-c4ccccc4)cnc32)c2c(c1-n1c3cc(-c4ccccc4)ccc3c3cc(-c4ccccc4)cnc31)C(C)(C)N(c1ccccc1)C2(C)C. The summed E-state index contributed by atoms with van der Waals surface area (Å²) in [6.07, 6.45) is 3.87. The number of aromatic nitrogens is 4. The number of hydrogen-bond donors (Lipinski definition) is 0. The lowest BCUT2D eigenvalue weighted by molar-refractivity contribution is 0.403. The van der Waals surface area contributed by atoms with Crippen molar-refractivity contribution >= 4 is 55.2 Å². The molecule has 0 bridgehead atoms. The maximum atomic E-state index is 12.1. The van der Waals surface area contributed by atoms with Gasteiger partial charge in [-0.1, -0.05) is 164 Å². The highest BCUT2D eigenvalue weighted by molar-refractivity contribution is 6.13. The van der Waals surface area contributed by atoms with Gasteiger partial charge in [0.15, 0.2) is 0 Å². The second kappa shape index (κ2) is 16.5. The lowest BCUT2D eigenvalue weighted by atomic mass is 9.84. The van der Waals surface area contributed by atoms with Crippen LogP contribution in [0.25, 0.3) is 105 Å². The molecule has 7 nitrogen and oxygen atoms in total. The first-order valence-electron chi connectivity index (χ1n) is 24.7. The number of fused-ring (bicyclic) bond motifs is 7. The highest BCUT2D eigenvalue weighted by Crippen LogP contribution is 2.60. The van der Waals surface area contributed by atoms with Crippen LogP contribution in [0.1, 0.15) is 44.4 Å². The molecular formula is C66H47N7. The molecule has 4 aromatic heterocycles. The maximum Gasteiger partial charge on any atom is 0.230 e. The minimum atomic E-state index is -0.776. The number of hydrogen-bond acceptors (Lipinski definition) is 4. The fourth-order valence-corrected chi connectivity index (χ4v) is 12.1. The Balaban J connectivity index is 1.21. The van der Waals surface area contributed by atoms with Gasteiger partial charge in [-0.3, -0.25) is 4.57 Å². The maximum absolute atomic E-state index is 12.1. The number of nitriles is 1. The second-order valence-electron chi connectivity index (χ2n) is 20.0. The fourth-order valence-electron chi connectivity index (χ4n) is 12.1. The Bertz CT molecular complexity index is 4000. The van der Waals surface area contributed by atoms with Crippen molar-refractivity contribution in [3.05, 3.63) is 241 Å². The summed E-state index contributed by atoms with van der Waals surface area (Å²) in [7, 11) is 0. The van der Waals surface area contributed by atoms with Crippen LogP contribution in [0.3, 0.4) is 0 Å². The Morgan fingerprint density at radius 3 is 1.23 bits per heavy atom. The zero-order valence-corrected chi connectivity index (χ0v) is 40.8. The van der Waals surface area contributed by atoms with E-state index in [0.717, 1.165) is 93.9 Å². The first-order valence-corrected chi connectivity index (χ1v) is 24.7. The highest BCUT2D eigenvalue weighted by Gasteiger charge is 2.54. The van der Waals surface area contributed by atoms with Crippen LogP contribution in [-0.2, 0) is 11.1 Å². The number of anilines is 1. The van der Waals surface area contributed by atoms with Crippen molar-refractivity contribution in [1.29, 1.82) is 5.26 Å². The van der Waals surface area contributed by atoms with Gasteiger partial charge in [-0.2, -0.15) is 5.26 Å². The predicted octanol–water partition coefficient (Wildman–Crippen LogP) is 16.8. The van der Waals surface area contributed by atoms with Gasteiger partial charge in [-0.05, 0) is 103 Å². The molecule has 5 heterocycles. The van der Waals surface area contributed by atoms with Crippen LogP contribution in [0, 0.1) is 17.9 Å². The van der Waals surface area contributed by atoms with E-state index < -0.39 is 11.1 Å². The molecule has 1 aliphatic rings. The molecule has 13 rings (SSSR count). The standard InChI is InChI=1S/C66H47N7/c1-65(2)58-59(66(3,4)73(65)50-29-19-10-20-30-50)62(72-57-38-47(43-23-13-7-14-24-43)32-34-52(57)54-36-49(41-70-64(54)72)45-27-17-9-18-28-45)60(68-5)55(39-67)61(58)71-56-37-46(42-21-11-6-12-22-42)31-33-51(56)53-35-48(40-69-63(53)71)44-25-15-8-16-26-44/h6-38,40-41H,1-4H3. The Labute approximate surface area is 424 Å². The smallest absolute Gasteiger partial charge is 0.230 e. The normalized spacial score (nSPS) is 13.6. The van der Waals surface area contributed by atoms with Gasteiger partial charge in [0.2, 0.25) is 5.69 Å². The van der Waals surface area contributed by atoms with Gasteiger partial charge >= 0.3 is 0 Å². The molecule has 0 fully saturated rings. The van der Waals surface area contributed by atoms with Gasteiger partial charge < -0.3 is 9.47 Å². The van der Waals surface area contributed by atoms with Crippen LogP contribution in [0.5, 0.6) is 0 Å². The van der Waals surface area contributed by atoms with E-state index in [9.17, 15) is 11.8 Å². The number of pyridine rings is 2. The molecule has 0 N–H and O–H groups in total. The second-order valence-corrected chi connectivity index (χ2v) is 20.0. The molecule has 0 spiro atoms. The Morgan fingerprint density at radius 2 is 0.822 bits per heavy atom. The van der Waals surface area contributed by atoms with Crippen molar-refractivity contribution in [2.24, 2.45) is 0 Å². The van der Waals surface area contributed by atoms with Gasteiger partial charge in [0.25, 0.3) is 0 Å². The number of para-hydroxylation sites is 1. The van der Waals surface area contributed by atoms with Gasteiger partial charge in [-0.25, -0.2) is 14.8 Å². The predicted molar refractivity (Wildman–Crippen MR) is 298 cm³/mol.